The van der Waals surface area contributed by atoms with E-state index in [2.05, 4.69) is 5.32 Å². The van der Waals surface area contributed by atoms with Crippen molar-refractivity contribution in [2.24, 2.45) is 5.92 Å². The van der Waals surface area contributed by atoms with Crippen molar-refractivity contribution >= 4 is 23.2 Å². The van der Waals surface area contributed by atoms with E-state index in [0.29, 0.717) is 16.3 Å². The van der Waals surface area contributed by atoms with Crippen molar-refractivity contribution in [3.05, 3.63) is 28.8 Å². The van der Waals surface area contributed by atoms with Crippen LogP contribution >= 0.6 is 11.6 Å². The quantitative estimate of drug-likeness (QED) is 0.718. The van der Waals surface area contributed by atoms with E-state index >= 15 is 0 Å². The van der Waals surface area contributed by atoms with Crippen LogP contribution in [0.3, 0.4) is 0 Å². The molecule has 5 heteroatoms. The number of amides is 1. The van der Waals surface area contributed by atoms with Crippen LogP contribution in [-0.4, -0.2) is 23.7 Å². The number of carbonyl (C=O) groups excluding carboxylic acids is 1. The van der Waals surface area contributed by atoms with E-state index in [4.69, 9.17) is 22.4 Å². The summed E-state index contributed by atoms with van der Waals surface area (Å²) in [5.41, 5.74) is 6.40. The van der Waals surface area contributed by atoms with Gasteiger partial charge in [0, 0.05) is 10.7 Å². The largest absolute Gasteiger partial charge is 0.398 e. The van der Waals surface area contributed by atoms with Gasteiger partial charge in [-0.3, -0.25) is 4.79 Å². The number of aliphatic hydroxyl groups is 1. The molecule has 0 aromatic heterocycles. The Labute approximate surface area is 106 Å². The van der Waals surface area contributed by atoms with Crippen LogP contribution in [0.25, 0.3) is 0 Å². The van der Waals surface area contributed by atoms with E-state index in [0.717, 1.165) is 0 Å². The lowest BCUT2D eigenvalue weighted by Crippen LogP contribution is -2.41. The first kappa shape index (κ1) is 13.8. The molecule has 4 N–H and O–H groups in total. The van der Waals surface area contributed by atoms with Crippen LogP contribution in [0.15, 0.2) is 18.2 Å². The number of nitrogen functional groups attached to an aromatic ring is 1. The SMILES string of the molecule is CC(C)C(CO)NC(=O)c1cc(Cl)ccc1N. The second kappa shape index (κ2) is 5.89. The maximum absolute atomic E-state index is 11.9. The summed E-state index contributed by atoms with van der Waals surface area (Å²) in [6.07, 6.45) is 0. The van der Waals surface area contributed by atoms with Gasteiger partial charge in [0.1, 0.15) is 0 Å². The first-order chi connectivity index (χ1) is 7.95. The molecule has 0 aliphatic heterocycles. The second-order valence-electron chi connectivity index (χ2n) is 4.24. The fourth-order valence-corrected chi connectivity index (χ4v) is 1.57. The molecular weight excluding hydrogens is 240 g/mol. The van der Waals surface area contributed by atoms with E-state index < -0.39 is 0 Å². The molecule has 0 saturated carbocycles. The molecule has 4 nitrogen and oxygen atoms in total. The zero-order valence-corrected chi connectivity index (χ0v) is 10.7. The molecule has 94 valence electrons. The van der Waals surface area contributed by atoms with Crippen molar-refractivity contribution < 1.29 is 9.90 Å². The summed E-state index contributed by atoms with van der Waals surface area (Å²) in [4.78, 5) is 11.9. The van der Waals surface area contributed by atoms with Gasteiger partial charge in [-0.05, 0) is 24.1 Å². The maximum atomic E-state index is 11.9. The van der Waals surface area contributed by atoms with Gasteiger partial charge in [0.15, 0.2) is 0 Å². The molecular formula is C12H17ClN2O2. The van der Waals surface area contributed by atoms with E-state index in [1.165, 1.54) is 6.07 Å². The third-order valence-electron chi connectivity index (χ3n) is 2.58. The third-order valence-corrected chi connectivity index (χ3v) is 2.81. The fraction of sp³-hybridized carbons (Fsp3) is 0.417. The highest BCUT2D eigenvalue weighted by Crippen LogP contribution is 2.18. The Morgan fingerprint density at radius 1 is 1.53 bits per heavy atom. The molecule has 17 heavy (non-hydrogen) atoms. The summed E-state index contributed by atoms with van der Waals surface area (Å²) in [5, 5.41) is 12.3. The molecule has 1 atom stereocenters. The molecule has 0 heterocycles. The van der Waals surface area contributed by atoms with E-state index in [-0.39, 0.29) is 24.5 Å². The van der Waals surface area contributed by atoms with Gasteiger partial charge in [-0.1, -0.05) is 25.4 Å². The van der Waals surface area contributed by atoms with Crippen molar-refractivity contribution in [2.45, 2.75) is 19.9 Å². The normalized spacial score (nSPS) is 12.5. The van der Waals surface area contributed by atoms with E-state index in [9.17, 15) is 4.79 Å². The minimum atomic E-state index is -0.322. The van der Waals surface area contributed by atoms with Crippen LogP contribution < -0.4 is 11.1 Å². The van der Waals surface area contributed by atoms with Crippen molar-refractivity contribution in [3.63, 3.8) is 0 Å². The lowest BCUT2D eigenvalue weighted by Gasteiger charge is -2.20. The topological polar surface area (TPSA) is 75.3 Å². The monoisotopic (exact) mass is 256 g/mol. The molecule has 0 bridgehead atoms. The van der Waals surface area contributed by atoms with Gasteiger partial charge in [-0.15, -0.1) is 0 Å². The molecule has 0 aliphatic carbocycles. The summed E-state index contributed by atoms with van der Waals surface area (Å²) in [6, 6.07) is 4.43. The molecule has 1 unspecified atom stereocenters. The lowest BCUT2D eigenvalue weighted by molar-refractivity contribution is 0.0898. The molecule has 1 aromatic carbocycles. The number of benzene rings is 1. The Hall–Kier alpha value is -1.26. The minimum absolute atomic E-state index is 0.107. The molecule has 1 aromatic rings. The Bertz CT molecular complexity index is 407. The highest BCUT2D eigenvalue weighted by atomic mass is 35.5. The van der Waals surface area contributed by atoms with Crippen LogP contribution in [0.5, 0.6) is 0 Å². The number of nitrogens with two attached hydrogens (primary N) is 1. The van der Waals surface area contributed by atoms with Crippen LogP contribution in [0.1, 0.15) is 24.2 Å². The Morgan fingerprint density at radius 2 is 2.18 bits per heavy atom. The number of aliphatic hydroxyl groups excluding tert-OH is 1. The average molecular weight is 257 g/mol. The Morgan fingerprint density at radius 3 is 2.71 bits per heavy atom. The summed E-state index contributed by atoms with van der Waals surface area (Å²) in [5.74, 6) is -0.179. The van der Waals surface area contributed by atoms with Gasteiger partial charge in [0.2, 0.25) is 0 Å². The zero-order chi connectivity index (χ0) is 13.0. The maximum Gasteiger partial charge on any atom is 0.253 e. The van der Waals surface area contributed by atoms with Gasteiger partial charge in [-0.2, -0.15) is 0 Å². The van der Waals surface area contributed by atoms with Crippen LogP contribution in [0.4, 0.5) is 5.69 Å². The number of halogens is 1. The molecule has 1 rings (SSSR count). The Balaban J connectivity index is 2.86. The molecule has 0 radical (unpaired) electrons. The summed E-state index contributed by atoms with van der Waals surface area (Å²) >= 11 is 5.81. The average Bonchev–Trinajstić information content (AvgIpc) is 2.28. The summed E-state index contributed by atoms with van der Waals surface area (Å²) in [7, 11) is 0. The molecule has 0 spiro atoms. The van der Waals surface area contributed by atoms with Crippen molar-refractivity contribution in [1.82, 2.24) is 5.32 Å². The first-order valence-corrected chi connectivity index (χ1v) is 5.80. The minimum Gasteiger partial charge on any atom is -0.398 e. The number of rotatable bonds is 4. The number of nitrogens with one attached hydrogen (secondary N) is 1. The van der Waals surface area contributed by atoms with Crippen molar-refractivity contribution in [3.8, 4) is 0 Å². The number of anilines is 1. The molecule has 0 saturated heterocycles. The van der Waals surface area contributed by atoms with Gasteiger partial charge >= 0.3 is 0 Å². The third kappa shape index (κ3) is 3.61. The second-order valence-corrected chi connectivity index (χ2v) is 4.67. The van der Waals surface area contributed by atoms with Gasteiger partial charge in [0.05, 0.1) is 18.2 Å². The highest BCUT2D eigenvalue weighted by molar-refractivity contribution is 6.31. The summed E-state index contributed by atoms with van der Waals surface area (Å²) < 4.78 is 0. The van der Waals surface area contributed by atoms with Crippen LogP contribution in [0.2, 0.25) is 5.02 Å². The van der Waals surface area contributed by atoms with Gasteiger partial charge in [-0.25, -0.2) is 0 Å². The highest BCUT2D eigenvalue weighted by Gasteiger charge is 2.17. The fourth-order valence-electron chi connectivity index (χ4n) is 1.39. The van der Waals surface area contributed by atoms with Gasteiger partial charge in [0.25, 0.3) is 5.91 Å². The summed E-state index contributed by atoms with van der Waals surface area (Å²) in [6.45, 7) is 3.73. The number of carbonyl (C=O) groups is 1. The number of hydrogen-bond acceptors (Lipinski definition) is 3. The van der Waals surface area contributed by atoms with E-state index in [1.807, 2.05) is 13.8 Å². The predicted molar refractivity (Wildman–Crippen MR) is 69.0 cm³/mol. The number of hydrogen-bond donors (Lipinski definition) is 3. The molecule has 0 aliphatic rings. The van der Waals surface area contributed by atoms with Gasteiger partial charge < -0.3 is 16.2 Å². The zero-order valence-electron chi connectivity index (χ0n) is 9.90. The predicted octanol–water partition coefficient (Wildman–Crippen LogP) is 1.67. The van der Waals surface area contributed by atoms with Crippen LogP contribution in [-0.2, 0) is 0 Å². The van der Waals surface area contributed by atoms with Crippen molar-refractivity contribution in [2.75, 3.05) is 12.3 Å². The van der Waals surface area contributed by atoms with E-state index in [1.54, 1.807) is 12.1 Å². The Kier molecular flexibility index (Phi) is 4.78. The molecule has 1 amide bonds. The standard InChI is InChI=1S/C12H17ClN2O2/c1-7(2)11(6-16)15-12(17)9-5-8(13)3-4-10(9)14/h3-5,7,11,16H,6,14H2,1-2H3,(H,15,17). The van der Waals surface area contributed by atoms with Crippen molar-refractivity contribution in [1.29, 1.82) is 0 Å². The van der Waals surface area contributed by atoms with Crippen LogP contribution in [0, 0.1) is 5.92 Å². The smallest absolute Gasteiger partial charge is 0.253 e. The first-order valence-electron chi connectivity index (χ1n) is 5.42. The lowest BCUT2D eigenvalue weighted by atomic mass is 10.0. The molecule has 0 fully saturated rings.